The van der Waals surface area contributed by atoms with Gasteiger partial charge in [-0.05, 0) is 56.0 Å². The van der Waals surface area contributed by atoms with Crippen LogP contribution in [0.15, 0.2) is 34.8 Å². The van der Waals surface area contributed by atoms with Gasteiger partial charge in [-0.2, -0.15) is 0 Å². The SMILES string of the molecule is C[C@@H](Oc1cccc(Br)c1)C(=O)NNC(=O)c1cc2c(s1)CCC2. The van der Waals surface area contributed by atoms with Crippen LogP contribution in [0.1, 0.15) is 33.5 Å². The molecule has 126 valence electrons. The van der Waals surface area contributed by atoms with Crippen LogP contribution < -0.4 is 15.6 Å². The van der Waals surface area contributed by atoms with E-state index in [4.69, 9.17) is 4.74 Å². The first-order valence-corrected chi connectivity index (χ1v) is 9.28. The van der Waals surface area contributed by atoms with E-state index >= 15 is 0 Å². The third-order valence-electron chi connectivity index (χ3n) is 3.75. The van der Waals surface area contributed by atoms with E-state index in [1.165, 1.54) is 21.8 Å². The standard InChI is InChI=1S/C17H17BrN2O3S/c1-10(23-13-6-3-5-12(18)9-13)16(21)19-20-17(22)15-8-11-4-2-7-14(11)24-15/h3,5-6,8-10H,2,4,7H2,1H3,(H,19,21)(H,20,22)/t10-/m1/s1. The zero-order valence-corrected chi connectivity index (χ0v) is 15.5. The minimum absolute atomic E-state index is 0.294. The number of carbonyl (C=O) groups excluding carboxylic acids is 2. The lowest BCUT2D eigenvalue weighted by atomic mass is 10.2. The molecule has 0 bridgehead atoms. The number of hydrogen-bond acceptors (Lipinski definition) is 4. The van der Waals surface area contributed by atoms with Crippen LogP contribution in [0.2, 0.25) is 0 Å². The van der Waals surface area contributed by atoms with Crippen LogP contribution in [-0.4, -0.2) is 17.9 Å². The molecule has 0 aliphatic heterocycles. The maximum atomic E-state index is 12.1. The lowest BCUT2D eigenvalue weighted by Crippen LogP contribution is -2.47. The van der Waals surface area contributed by atoms with E-state index in [1.54, 1.807) is 19.1 Å². The summed E-state index contributed by atoms with van der Waals surface area (Å²) in [5.74, 6) is -0.127. The van der Waals surface area contributed by atoms with Gasteiger partial charge in [-0.15, -0.1) is 11.3 Å². The summed E-state index contributed by atoms with van der Waals surface area (Å²) in [6.45, 7) is 1.63. The second kappa shape index (κ2) is 7.36. The van der Waals surface area contributed by atoms with Crippen molar-refractivity contribution in [2.24, 2.45) is 0 Å². The van der Waals surface area contributed by atoms with E-state index in [0.29, 0.717) is 10.6 Å². The first kappa shape index (κ1) is 17.0. The van der Waals surface area contributed by atoms with Crippen LogP contribution in [0.25, 0.3) is 0 Å². The predicted molar refractivity (Wildman–Crippen MR) is 96.2 cm³/mol. The molecular weight excluding hydrogens is 392 g/mol. The number of hydrogen-bond donors (Lipinski definition) is 2. The molecule has 1 aliphatic rings. The van der Waals surface area contributed by atoms with Crippen molar-refractivity contribution in [1.29, 1.82) is 0 Å². The summed E-state index contributed by atoms with van der Waals surface area (Å²) in [7, 11) is 0. The Morgan fingerprint density at radius 1 is 1.25 bits per heavy atom. The van der Waals surface area contributed by atoms with E-state index in [0.717, 1.165) is 23.7 Å². The molecule has 2 amide bonds. The average molecular weight is 409 g/mol. The quantitative estimate of drug-likeness (QED) is 0.763. The Balaban J connectivity index is 1.51. The summed E-state index contributed by atoms with van der Waals surface area (Å²) in [6, 6.07) is 9.14. The fraction of sp³-hybridized carbons (Fsp3) is 0.294. The Morgan fingerprint density at radius 2 is 2.08 bits per heavy atom. The average Bonchev–Trinajstić information content (AvgIpc) is 3.13. The van der Waals surface area contributed by atoms with Gasteiger partial charge in [0.15, 0.2) is 6.10 Å². The number of fused-ring (bicyclic) bond motifs is 1. The third kappa shape index (κ3) is 3.96. The van der Waals surface area contributed by atoms with Gasteiger partial charge < -0.3 is 4.74 Å². The fourth-order valence-electron chi connectivity index (χ4n) is 2.52. The van der Waals surface area contributed by atoms with Crippen molar-refractivity contribution >= 4 is 39.1 Å². The first-order valence-electron chi connectivity index (χ1n) is 7.67. The summed E-state index contributed by atoms with van der Waals surface area (Å²) < 4.78 is 6.42. The highest BCUT2D eigenvalue weighted by Crippen LogP contribution is 2.30. The van der Waals surface area contributed by atoms with Crippen LogP contribution in [0, 0.1) is 0 Å². The van der Waals surface area contributed by atoms with Gasteiger partial charge >= 0.3 is 0 Å². The number of nitrogens with one attached hydrogen (secondary N) is 2. The van der Waals surface area contributed by atoms with E-state index < -0.39 is 12.0 Å². The molecule has 1 aromatic heterocycles. The number of halogens is 1. The molecule has 7 heteroatoms. The number of carbonyl (C=O) groups is 2. The summed E-state index contributed by atoms with van der Waals surface area (Å²) in [5.41, 5.74) is 6.11. The number of hydrazine groups is 1. The van der Waals surface area contributed by atoms with Crippen molar-refractivity contribution < 1.29 is 14.3 Å². The first-order chi connectivity index (χ1) is 11.5. The zero-order valence-electron chi connectivity index (χ0n) is 13.1. The van der Waals surface area contributed by atoms with Crippen LogP contribution in [-0.2, 0) is 17.6 Å². The molecule has 1 atom stereocenters. The monoisotopic (exact) mass is 408 g/mol. The molecule has 5 nitrogen and oxygen atoms in total. The fourth-order valence-corrected chi connectivity index (χ4v) is 4.05. The Kier molecular flexibility index (Phi) is 5.20. The van der Waals surface area contributed by atoms with Gasteiger partial charge in [-0.1, -0.05) is 22.0 Å². The lowest BCUT2D eigenvalue weighted by molar-refractivity contribution is -0.128. The molecule has 0 fully saturated rings. The van der Waals surface area contributed by atoms with E-state index in [2.05, 4.69) is 26.8 Å². The molecule has 24 heavy (non-hydrogen) atoms. The van der Waals surface area contributed by atoms with Gasteiger partial charge in [0.25, 0.3) is 11.8 Å². The molecule has 0 saturated carbocycles. The Morgan fingerprint density at radius 3 is 2.83 bits per heavy atom. The largest absolute Gasteiger partial charge is 0.481 e. The normalized spacial score (nSPS) is 13.9. The topological polar surface area (TPSA) is 67.4 Å². The van der Waals surface area contributed by atoms with Crippen molar-refractivity contribution in [1.82, 2.24) is 10.9 Å². The van der Waals surface area contributed by atoms with Gasteiger partial charge in [0.2, 0.25) is 0 Å². The minimum Gasteiger partial charge on any atom is -0.481 e. The van der Waals surface area contributed by atoms with Gasteiger partial charge in [-0.3, -0.25) is 20.4 Å². The highest BCUT2D eigenvalue weighted by Gasteiger charge is 2.20. The highest BCUT2D eigenvalue weighted by molar-refractivity contribution is 9.10. The van der Waals surface area contributed by atoms with Crippen LogP contribution in [0.4, 0.5) is 0 Å². The summed E-state index contributed by atoms with van der Waals surface area (Å²) >= 11 is 4.84. The minimum atomic E-state index is -0.729. The molecule has 2 aromatic rings. The lowest BCUT2D eigenvalue weighted by Gasteiger charge is -2.15. The van der Waals surface area contributed by atoms with E-state index in [-0.39, 0.29) is 5.91 Å². The molecule has 0 radical (unpaired) electrons. The number of thiophene rings is 1. The maximum absolute atomic E-state index is 12.1. The molecule has 0 saturated heterocycles. The molecular formula is C17H17BrN2O3S. The number of amides is 2. The Labute approximate surface area is 152 Å². The molecule has 1 aromatic carbocycles. The van der Waals surface area contributed by atoms with E-state index in [1.807, 2.05) is 18.2 Å². The third-order valence-corrected chi connectivity index (χ3v) is 5.48. The molecule has 3 rings (SSSR count). The maximum Gasteiger partial charge on any atom is 0.279 e. The summed E-state index contributed by atoms with van der Waals surface area (Å²) in [6.07, 6.45) is 2.50. The van der Waals surface area contributed by atoms with Crippen molar-refractivity contribution in [2.45, 2.75) is 32.3 Å². The second-order valence-electron chi connectivity index (χ2n) is 5.57. The number of aryl methyl sites for hydroxylation is 2. The predicted octanol–water partition coefficient (Wildman–Crippen LogP) is 3.23. The molecule has 0 spiro atoms. The molecule has 0 unspecified atom stereocenters. The highest BCUT2D eigenvalue weighted by atomic mass is 79.9. The second-order valence-corrected chi connectivity index (χ2v) is 7.63. The Bertz CT molecular complexity index is 753. The van der Waals surface area contributed by atoms with Crippen molar-refractivity contribution in [3.05, 3.63) is 50.1 Å². The van der Waals surface area contributed by atoms with Crippen LogP contribution in [0.5, 0.6) is 5.75 Å². The van der Waals surface area contributed by atoms with Crippen LogP contribution in [0.3, 0.4) is 0 Å². The summed E-state index contributed by atoms with van der Waals surface area (Å²) in [4.78, 5) is 26.1. The Hall–Kier alpha value is -1.86. The van der Waals surface area contributed by atoms with Crippen molar-refractivity contribution in [3.8, 4) is 5.75 Å². The van der Waals surface area contributed by atoms with Gasteiger partial charge in [0.05, 0.1) is 4.88 Å². The van der Waals surface area contributed by atoms with Crippen molar-refractivity contribution in [3.63, 3.8) is 0 Å². The number of rotatable bonds is 4. The molecule has 1 aliphatic carbocycles. The zero-order chi connectivity index (χ0) is 17.1. The summed E-state index contributed by atoms with van der Waals surface area (Å²) in [5, 5.41) is 0. The number of benzene rings is 1. The smallest absolute Gasteiger partial charge is 0.279 e. The van der Waals surface area contributed by atoms with Gasteiger partial charge in [0, 0.05) is 9.35 Å². The van der Waals surface area contributed by atoms with Gasteiger partial charge in [0.1, 0.15) is 5.75 Å². The van der Waals surface area contributed by atoms with Crippen LogP contribution >= 0.6 is 27.3 Å². The molecule has 2 N–H and O–H groups in total. The molecule has 1 heterocycles. The van der Waals surface area contributed by atoms with Gasteiger partial charge in [-0.25, -0.2) is 0 Å². The van der Waals surface area contributed by atoms with Crippen molar-refractivity contribution in [2.75, 3.05) is 0 Å². The number of ether oxygens (including phenoxy) is 1. The van der Waals surface area contributed by atoms with E-state index in [9.17, 15) is 9.59 Å².